The molecule has 1 aromatic rings. The first-order valence-electron chi connectivity index (χ1n) is 3.88. The van der Waals surface area contributed by atoms with E-state index in [1.54, 1.807) is 7.11 Å². The maximum absolute atomic E-state index is 5.35. The van der Waals surface area contributed by atoms with Gasteiger partial charge in [0.1, 0.15) is 6.61 Å². The Kier molecular flexibility index (Phi) is 3.91. The molecule has 0 N–H and O–H groups in total. The fourth-order valence-electron chi connectivity index (χ4n) is 0.710. The second kappa shape index (κ2) is 4.98. The second-order valence-corrected chi connectivity index (χ2v) is 3.26. The first kappa shape index (κ1) is 10.2. The minimum atomic E-state index is 0.462. The Bertz CT molecular complexity index is 252. The van der Waals surface area contributed by atoms with Gasteiger partial charge in [-0.2, -0.15) is 0 Å². The van der Waals surface area contributed by atoms with Crippen LogP contribution in [0.5, 0.6) is 11.8 Å². The Morgan fingerprint density at radius 1 is 1.31 bits per heavy atom. The minimum absolute atomic E-state index is 0.462. The van der Waals surface area contributed by atoms with Gasteiger partial charge < -0.3 is 14.4 Å². The summed E-state index contributed by atoms with van der Waals surface area (Å²) in [5.41, 5.74) is 0. The number of likely N-dealkylation sites (N-methyl/N-ethyl adjacent to an activating group) is 1. The maximum atomic E-state index is 5.35. The topological polar surface area (TPSA) is 47.5 Å². The number of methoxy groups -OCH3 is 1. The third-order valence-corrected chi connectivity index (χ3v) is 1.90. The zero-order valence-corrected chi connectivity index (χ0v) is 8.80. The zero-order valence-electron chi connectivity index (χ0n) is 7.98. The predicted octanol–water partition coefficient (Wildman–Crippen LogP) is 0.487. The Morgan fingerprint density at radius 3 is 2.62 bits per heavy atom. The van der Waals surface area contributed by atoms with Gasteiger partial charge in [0.15, 0.2) is 0 Å². The molecule has 13 heavy (non-hydrogen) atoms. The first-order valence-corrected chi connectivity index (χ1v) is 4.61. The molecular formula is C7H13N3O2S. The average Bonchev–Trinajstić information content (AvgIpc) is 2.51. The lowest BCUT2D eigenvalue weighted by atomic mass is 10.6. The number of hydrogen-bond donors (Lipinski definition) is 0. The molecule has 0 spiro atoms. The molecule has 0 saturated carbocycles. The molecule has 5 nitrogen and oxygen atoms in total. The molecule has 0 aliphatic heterocycles. The summed E-state index contributed by atoms with van der Waals surface area (Å²) < 4.78 is 18.1. The highest BCUT2D eigenvalue weighted by atomic mass is 32.1. The Hall–Kier alpha value is -0.880. The molecule has 0 unspecified atom stereocenters. The van der Waals surface area contributed by atoms with Gasteiger partial charge in [-0.3, -0.25) is 0 Å². The van der Waals surface area contributed by atoms with Crippen LogP contribution in [0.3, 0.4) is 0 Å². The van der Waals surface area contributed by atoms with Gasteiger partial charge in [0.05, 0.1) is 18.8 Å². The van der Waals surface area contributed by atoms with Crippen LogP contribution in [-0.4, -0.2) is 48.0 Å². The Balaban J connectivity index is 2.36. The highest BCUT2D eigenvalue weighted by molar-refractivity contribution is 6.99. The van der Waals surface area contributed by atoms with Crippen LogP contribution < -0.4 is 9.47 Å². The number of rotatable bonds is 5. The van der Waals surface area contributed by atoms with Gasteiger partial charge in [-0.1, -0.05) is 0 Å². The van der Waals surface area contributed by atoms with Crippen molar-refractivity contribution >= 4 is 11.7 Å². The van der Waals surface area contributed by atoms with Crippen molar-refractivity contribution in [3.05, 3.63) is 0 Å². The largest absolute Gasteiger partial charge is 0.477 e. The second-order valence-electron chi connectivity index (χ2n) is 2.73. The van der Waals surface area contributed by atoms with Crippen molar-refractivity contribution in [2.24, 2.45) is 0 Å². The van der Waals surface area contributed by atoms with E-state index >= 15 is 0 Å². The molecule has 1 heterocycles. The van der Waals surface area contributed by atoms with Gasteiger partial charge in [-0.05, 0) is 14.1 Å². The van der Waals surface area contributed by atoms with E-state index in [2.05, 4.69) is 8.75 Å². The Morgan fingerprint density at radius 2 is 2.00 bits per heavy atom. The number of ether oxygens (including phenoxy) is 2. The van der Waals surface area contributed by atoms with Crippen molar-refractivity contribution in [3.63, 3.8) is 0 Å². The molecule has 0 atom stereocenters. The summed E-state index contributed by atoms with van der Waals surface area (Å²) in [5.74, 6) is 0.943. The SMILES string of the molecule is COc1nsnc1OCCN(C)C. The standard InChI is InChI=1S/C7H13N3O2S/c1-10(2)4-5-12-7-6(11-3)8-13-9-7/h4-5H2,1-3H3. The lowest BCUT2D eigenvalue weighted by molar-refractivity contribution is 0.243. The minimum Gasteiger partial charge on any atom is -0.477 e. The highest BCUT2D eigenvalue weighted by Gasteiger charge is 2.08. The maximum Gasteiger partial charge on any atom is 0.291 e. The lowest BCUT2D eigenvalue weighted by Crippen LogP contribution is -2.19. The summed E-state index contributed by atoms with van der Waals surface area (Å²) >= 11 is 1.09. The molecule has 1 aromatic heterocycles. The van der Waals surface area contributed by atoms with E-state index in [-0.39, 0.29) is 0 Å². The van der Waals surface area contributed by atoms with Crippen LogP contribution >= 0.6 is 11.7 Å². The van der Waals surface area contributed by atoms with E-state index in [4.69, 9.17) is 9.47 Å². The van der Waals surface area contributed by atoms with Crippen molar-refractivity contribution in [2.75, 3.05) is 34.4 Å². The van der Waals surface area contributed by atoms with Crippen LogP contribution in [0.1, 0.15) is 0 Å². The van der Waals surface area contributed by atoms with Gasteiger partial charge in [0, 0.05) is 6.54 Å². The fourth-order valence-corrected chi connectivity index (χ4v) is 1.18. The third-order valence-electron chi connectivity index (χ3n) is 1.40. The molecule has 74 valence electrons. The fraction of sp³-hybridized carbons (Fsp3) is 0.714. The van der Waals surface area contributed by atoms with Crippen molar-refractivity contribution in [3.8, 4) is 11.8 Å². The smallest absolute Gasteiger partial charge is 0.291 e. The quantitative estimate of drug-likeness (QED) is 0.697. The molecule has 0 aliphatic rings. The van der Waals surface area contributed by atoms with E-state index in [0.717, 1.165) is 18.3 Å². The summed E-state index contributed by atoms with van der Waals surface area (Å²) in [6.45, 7) is 1.44. The van der Waals surface area contributed by atoms with Gasteiger partial charge in [0.2, 0.25) is 0 Å². The monoisotopic (exact) mass is 203 g/mol. The van der Waals surface area contributed by atoms with Crippen LogP contribution in [-0.2, 0) is 0 Å². The van der Waals surface area contributed by atoms with Crippen molar-refractivity contribution in [2.45, 2.75) is 0 Å². The lowest BCUT2D eigenvalue weighted by Gasteiger charge is -2.09. The molecule has 1 rings (SSSR count). The van der Waals surface area contributed by atoms with Crippen molar-refractivity contribution in [1.29, 1.82) is 0 Å². The van der Waals surface area contributed by atoms with E-state index < -0.39 is 0 Å². The van der Waals surface area contributed by atoms with Gasteiger partial charge in [0.25, 0.3) is 11.8 Å². The highest BCUT2D eigenvalue weighted by Crippen LogP contribution is 2.22. The van der Waals surface area contributed by atoms with Crippen LogP contribution in [0.4, 0.5) is 0 Å². The number of nitrogens with zero attached hydrogens (tertiary/aromatic N) is 3. The number of aromatic nitrogens is 2. The molecule has 0 amide bonds. The van der Waals surface area contributed by atoms with E-state index in [0.29, 0.717) is 18.4 Å². The molecule has 0 aromatic carbocycles. The normalized spacial score (nSPS) is 10.5. The van der Waals surface area contributed by atoms with Gasteiger partial charge in [-0.15, -0.1) is 8.75 Å². The number of hydrogen-bond acceptors (Lipinski definition) is 6. The molecule has 0 aliphatic carbocycles. The summed E-state index contributed by atoms with van der Waals surface area (Å²) in [4.78, 5) is 2.03. The van der Waals surface area contributed by atoms with Crippen LogP contribution in [0.2, 0.25) is 0 Å². The first-order chi connectivity index (χ1) is 6.24. The van der Waals surface area contributed by atoms with E-state index in [9.17, 15) is 0 Å². The predicted molar refractivity (Wildman–Crippen MR) is 50.5 cm³/mol. The molecule has 0 saturated heterocycles. The summed E-state index contributed by atoms with van der Waals surface area (Å²) in [6.07, 6.45) is 0. The zero-order chi connectivity index (χ0) is 9.68. The molecule has 0 radical (unpaired) electrons. The van der Waals surface area contributed by atoms with Crippen molar-refractivity contribution < 1.29 is 9.47 Å². The third kappa shape index (κ3) is 3.16. The summed E-state index contributed by atoms with van der Waals surface area (Å²) in [6, 6.07) is 0. The summed E-state index contributed by atoms with van der Waals surface area (Å²) in [5, 5.41) is 0. The van der Waals surface area contributed by atoms with Gasteiger partial charge in [-0.25, -0.2) is 0 Å². The van der Waals surface area contributed by atoms with Crippen LogP contribution in [0.15, 0.2) is 0 Å². The van der Waals surface area contributed by atoms with Crippen LogP contribution in [0.25, 0.3) is 0 Å². The van der Waals surface area contributed by atoms with E-state index in [1.807, 2.05) is 19.0 Å². The van der Waals surface area contributed by atoms with E-state index in [1.165, 1.54) is 0 Å². The van der Waals surface area contributed by atoms with Crippen molar-refractivity contribution in [1.82, 2.24) is 13.6 Å². The molecular weight excluding hydrogens is 190 g/mol. The van der Waals surface area contributed by atoms with Crippen LogP contribution in [0, 0.1) is 0 Å². The molecule has 6 heteroatoms. The molecule has 0 fully saturated rings. The van der Waals surface area contributed by atoms with Gasteiger partial charge >= 0.3 is 0 Å². The molecule has 0 bridgehead atoms. The summed E-state index contributed by atoms with van der Waals surface area (Å²) in [7, 11) is 5.52. The Labute approximate surface area is 81.6 Å². The average molecular weight is 203 g/mol.